The number of hydrogen-bond acceptors (Lipinski definition) is 5. The highest BCUT2D eigenvalue weighted by Crippen LogP contribution is 2.35. The fourth-order valence-corrected chi connectivity index (χ4v) is 3.24. The Bertz CT molecular complexity index is 800. The molecule has 2 aliphatic heterocycles. The molecule has 2 aromatic carbocycles. The Morgan fingerprint density at radius 3 is 2.65 bits per heavy atom. The minimum atomic E-state index is 0.00607. The number of fused-ring (bicyclic) bond motifs is 1. The Morgan fingerprint density at radius 2 is 1.85 bits per heavy atom. The van der Waals surface area contributed by atoms with E-state index in [4.69, 9.17) is 14.2 Å². The van der Waals surface area contributed by atoms with Crippen molar-refractivity contribution in [2.75, 3.05) is 44.5 Å². The molecule has 0 atom stereocenters. The van der Waals surface area contributed by atoms with Crippen LogP contribution in [0.5, 0.6) is 17.2 Å². The highest BCUT2D eigenvalue weighted by Gasteiger charge is 2.22. The van der Waals surface area contributed by atoms with Crippen molar-refractivity contribution in [1.82, 2.24) is 4.90 Å². The molecular formula is C20H22N2O4. The fourth-order valence-electron chi connectivity index (χ4n) is 3.24. The van der Waals surface area contributed by atoms with Crippen molar-refractivity contribution in [3.63, 3.8) is 0 Å². The first-order valence-electron chi connectivity index (χ1n) is 8.81. The second-order valence-corrected chi connectivity index (χ2v) is 6.51. The maximum absolute atomic E-state index is 12.4. The van der Waals surface area contributed by atoms with Crippen LogP contribution >= 0.6 is 0 Å². The number of nitrogens with zero attached hydrogens (tertiary/aromatic N) is 2. The van der Waals surface area contributed by atoms with E-state index < -0.39 is 0 Å². The largest absolute Gasteiger partial charge is 0.484 e. The first-order chi connectivity index (χ1) is 12.7. The molecule has 0 saturated carbocycles. The molecule has 26 heavy (non-hydrogen) atoms. The standard InChI is InChI=1S/C20H22N2O4/c1-15-3-2-4-16(11-15)21-7-9-22(10-8-21)20(23)13-24-17-5-6-18-19(12-17)26-14-25-18/h2-6,11-12H,7-10,13-14H2,1H3. The molecule has 1 fully saturated rings. The molecule has 6 nitrogen and oxygen atoms in total. The van der Waals surface area contributed by atoms with E-state index in [1.54, 1.807) is 18.2 Å². The normalized spacial score (nSPS) is 15.9. The van der Waals surface area contributed by atoms with Gasteiger partial charge in [0.25, 0.3) is 5.91 Å². The molecule has 136 valence electrons. The number of ether oxygens (including phenoxy) is 3. The van der Waals surface area contributed by atoms with Gasteiger partial charge in [-0.3, -0.25) is 4.79 Å². The highest BCUT2D eigenvalue weighted by molar-refractivity contribution is 5.78. The Labute approximate surface area is 152 Å². The smallest absolute Gasteiger partial charge is 0.260 e. The van der Waals surface area contributed by atoms with E-state index in [0.717, 1.165) is 13.1 Å². The first-order valence-corrected chi connectivity index (χ1v) is 8.81. The van der Waals surface area contributed by atoms with E-state index in [-0.39, 0.29) is 19.3 Å². The monoisotopic (exact) mass is 354 g/mol. The van der Waals surface area contributed by atoms with Crippen LogP contribution < -0.4 is 19.1 Å². The van der Waals surface area contributed by atoms with Crippen LogP contribution in [-0.2, 0) is 4.79 Å². The lowest BCUT2D eigenvalue weighted by atomic mass is 10.2. The summed E-state index contributed by atoms with van der Waals surface area (Å²) in [6.07, 6.45) is 0. The van der Waals surface area contributed by atoms with Crippen LogP contribution in [0, 0.1) is 6.92 Å². The number of aryl methyl sites for hydroxylation is 1. The average molecular weight is 354 g/mol. The van der Waals surface area contributed by atoms with Crippen molar-refractivity contribution in [3.05, 3.63) is 48.0 Å². The van der Waals surface area contributed by atoms with Gasteiger partial charge in [0, 0.05) is 37.9 Å². The number of hydrogen-bond donors (Lipinski definition) is 0. The lowest BCUT2D eigenvalue weighted by molar-refractivity contribution is -0.133. The second-order valence-electron chi connectivity index (χ2n) is 6.51. The number of benzene rings is 2. The summed E-state index contributed by atoms with van der Waals surface area (Å²) in [5.74, 6) is 1.98. The number of anilines is 1. The molecular weight excluding hydrogens is 332 g/mol. The Hall–Kier alpha value is -2.89. The molecule has 0 aromatic heterocycles. The van der Waals surface area contributed by atoms with Gasteiger partial charge in [-0.2, -0.15) is 0 Å². The lowest BCUT2D eigenvalue weighted by Gasteiger charge is -2.36. The van der Waals surface area contributed by atoms with Gasteiger partial charge in [-0.1, -0.05) is 12.1 Å². The third-order valence-corrected chi connectivity index (χ3v) is 4.71. The van der Waals surface area contributed by atoms with Crippen LogP contribution in [0.3, 0.4) is 0 Å². The summed E-state index contributed by atoms with van der Waals surface area (Å²) in [6, 6.07) is 13.8. The molecule has 0 unspecified atom stereocenters. The average Bonchev–Trinajstić information content (AvgIpc) is 3.14. The summed E-state index contributed by atoms with van der Waals surface area (Å²) in [4.78, 5) is 16.6. The van der Waals surface area contributed by atoms with Crippen molar-refractivity contribution < 1.29 is 19.0 Å². The van der Waals surface area contributed by atoms with Crippen molar-refractivity contribution in [2.45, 2.75) is 6.92 Å². The molecule has 2 aliphatic rings. The second kappa shape index (κ2) is 7.15. The minimum absolute atomic E-state index is 0.00607. The van der Waals surface area contributed by atoms with Gasteiger partial charge in [0.1, 0.15) is 5.75 Å². The van der Waals surface area contributed by atoms with Crippen LogP contribution in [0.15, 0.2) is 42.5 Å². The van der Waals surface area contributed by atoms with Crippen molar-refractivity contribution in [2.24, 2.45) is 0 Å². The Kier molecular flexibility index (Phi) is 4.56. The third kappa shape index (κ3) is 3.54. The Balaban J connectivity index is 1.28. The molecule has 2 heterocycles. The Morgan fingerprint density at radius 1 is 1.04 bits per heavy atom. The van der Waals surface area contributed by atoms with E-state index in [2.05, 4.69) is 36.1 Å². The SMILES string of the molecule is Cc1cccc(N2CCN(C(=O)COc3ccc4c(c3)OCO4)CC2)c1. The predicted molar refractivity (Wildman–Crippen MR) is 98.0 cm³/mol. The first kappa shape index (κ1) is 16.6. The number of carbonyl (C=O) groups is 1. The number of rotatable bonds is 4. The zero-order valence-electron chi connectivity index (χ0n) is 14.8. The van der Waals surface area contributed by atoms with Crippen LogP contribution in [0.25, 0.3) is 0 Å². The van der Waals surface area contributed by atoms with Gasteiger partial charge < -0.3 is 24.0 Å². The van der Waals surface area contributed by atoms with Crippen LogP contribution in [0.2, 0.25) is 0 Å². The van der Waals surface area contributed by atoms with Crippen LogP contribution in [0.4, 0.5) is 5.69 Å². The summed E-state index contributed by atoms with van der Waals surface area (Å²) in [5, 5.41) is 0. The molecule has 0 bridgehead atoms. The van der Waals surface area contributed by atoms with E-state index in [1.807, 2.05) is 4.90 Å². The van der Waals surface area contributed by atoms with Crippen LogP contribution in [0.1, 0.15) is 5.56 Å². The predicted octanol–water partition coefficient (Wildman–Crippen LogP) is 2.45. The van der Waals surface area contributed by atoms with Gasteiger partial charge in [0.05, 0.1) is 0 Å². The summed E-state index contributed by atoms with van der Waals surface area (Å²) in [5.41, 5.74) is 2.46. The van der Waals surface area contributed by atoms with Crippen molar-refractivity contribution in [1.29, 1.82) is 0 Å². The quantitative estimate of drug-likeness (QED) is 0.844. The summed E-state index contributed by atoms with van der Waals surface area (Å²) >= 11 is 0. The molecule has 0 radical (unpaired) electrons. The maximum Gasteiger partial charge on any atom is 0.260 e. The number of piperazine rings is 1. The van der Waals surface area contributed by atoms with Gasteiger partial charge in [0.15, 0.2) is 18.1 Å². The maximum atomic E-state index is 12.4. The van der Waals surface area contributed by atoms with Gasteiger partial charge >= 0.3 is 0 Å². The minimum Gasteiger partial charge on any atom is -0.484 e. The number of amides is 1. The summed E-state index contributed by atoms with van der Waals surface area (Å²) < 4.78 is 16.2. The zero-order valence-corrected chi connectivity index (χ0v) is 14.8. The summed E-state index contributed by atoms with van der Waals surface area (Å²) in [6.45, 7) is 5.43. The van der Waals surface area contributed by atoms with Crippen molar-refractivity contribution >= 4 is 11.6 Å². The molecule has 2 aromatic rings. The fraction of sp³-hybridized carbons (Fsp3) is 0.350. The highest BCUT2D eigenvalue weighted by atomic mass is 16.7. The van der Waals surface area contributed by atoms with Gasteiger partial charge in [-0.15, -0.1) is 0 Å². The molecule has 1 amide bonds. The summed E-state index contributed by atoms with van der Waals surface area (Å²) in [7, 11) is 0. The zero-order chi connectivity index (χ0) is 17.9. The molecule has 0 spiro atoms. The van der Waals surface area contributed by atoms with E-state index in [0.29, 0.717) is 30.3 Å². The molecule has 6 heteroatoms. The number of carbonyl (C=O) groups excluding carboxylic acids is 1. The van der Waals surface area contributed by atoms with E-state index in [1.165, 1.54) is 11.3 Å². The third-order valence-electron chi connectivity index (χ3n) is 4.71. The van der Waals surface area contributed by atoms with Gasteiger partial charge in [0.2, 0.25) is 6.79 Å². The molecule has 1 saturated heterocycles. The molecule has 0 aliphatic carbocycles. The van der Waals surface area contributed by atoms with E-state index in [9.17, 15) is 4.79 Å². The van der Waals surface area contributed by atoms with Crippen molar-refractivity contribution in [3.8, 4) is 17.2 Å². The molecule has 0 N–H and O–H groups in total. The lowest BCUT2D eigenvalue weighted by Crippen LogP contribution is -2.50. The van der Waals surface area contributed by atoms with Gasteiger partial charge in [-0.25, -0.2) is 0 Å². The topological polar surface area (TPSA) is 51.2 Å². The van der Waals surface area contributed by atoms with Crippen LogP contribution in [-0.4, -0.2) is 50.4 Å². The molecule has 4 rings (SSSR count). The van der Waals surface area contributed by atoms with E-state index >= 15 is 0 Å². The van der Waals surface area contributed by atoms with Gasteiger partial charge in [-0.05, 0) is 36.8 Å².